The van der Waals surface area contributed by atoms with Crippen LogP contribution in [0.4, 0.5) is 5.82 Å². The van der Waals surface area contributed by atoms with E-state index in [1.165, 1.54) is 0 Å². The Morgan fingerprint density at radius 3 is 2.71 bits per heavy atom. The van der Waals surface area contributed by atoms with Crippen LogP contribution in [0.15, 0.2) is 34.9 Å². The van der Waals surface area contributed by atoms with Crippen molar-refractivity contribution in [1.29, 1.82) is 0 Å². The van der Waals surface area contributed by atoms with E-state index in [-0.39, 0.29) is 0 Å². The number of anilines is 1. The summed E-state index contributed by atoms with van der Waals surface area (Å²) in [6.07, 6.45) is 1.91. The lowest BCUT2D eigenvalue weighted by molar-refractivity contribution is 0.547. The van der Waals surface area contributed by atoms with Crippen molar-refractivity contribution in [3.05, 3.63) is 41.8 Å². The lowest BCUT2D eigenvalue weighted by Gasteiger charge is -1.97. The van der Waals surface area contributed by atoms with Crippen LogP contribution < -0.4 is 5.73 Å². The second-order valence-corrected chi connectivity index (χ2v) is 4.14. The lowest BCUT2D eigenvalue weighted by Crippen LogP contribution is -1.93. The Kier molecular flexibility index (Phi) is 1.98. The van der Waals surface area contributed by atoms with Gasteiger partial charge in [0, 0.05) is 6.20 Å². The van der Waals surface area contributed by atoms with Crippen LogP contribution in [0.25, 0.3) is 17.1 Å². The maximum atomic E-state index is 6.09. The van der Waals surface area contributed by atoms with E-state index in [0.717, 1.165) is 17.0 Å². The molecule has 0 spiro atoms. The molecule has 3 heterocycles. The van der Waals surface area contributed by atoms with Gasteiger partial charge in [-0.15, -0.1) is 0 Å². The number of imidazole rings is 1. The molecule has 4 heteroatoms. The van der Waals surface area contributed by atoms with Crippen LogP contribution in [0.2, 0.25) is 0 Å². The molecule has 0 fully saturated rings. The topological polar surface area (TPSA) is 56.5 Å². The first-order valence-electron chi connectivity index (χ1n) is 5.47. The predicted molar refractivity (Wildman–Crippen MR) is 66.8 cm³/mol. The molecule has 0 atom stereocenters. The zero-order valence-electron chi connectivity index (χ0n) is 9.77. The summed E-state index contributed by atoms with van der Waals surface area (Å²) < 4.78 is 7.44. The summed E-state index contributed by atoms with van der Waals surface area (Å²) in [7, 11) is 0. The molecule has 0 aliphatic carbocycles. The molecular weight excluding hydrogens is 214 g/mol. The van der Waals surface area contributed by atoms with E-state index < -0.39 is 0 Å². The minimum Gasteiger partial charge on any atom is -0.460 e. The highest BCUT2D eigenvalue weighted by Gasteiger charge is 2.14. The molecule has 0 bridgehead atoms. The Hall–Kier alpha value is -2.23. The number of nitrogens with two attached hydrogens (primary N) is 1. The number of aromatic nitrogens is 2. The molecule has 2 N–H and O–H groups in total. The smallest absolute Gasteiger partial charge is 0.156 e. The van der Waals surface area contributed by atoms with E-state index in [9.17, 15) is 0 Å². The standard InChI is InChI=1S/C13H13N3O/c1-8-4-3-7-16-12(14)11(15-13(8)16)10-6-5-9(2)17-10/h3-7H,14H2,1-2H3. The van der Waals surface area contributed by atoms with E-state index >= 15 is 0 Å². The van der Waals surface area contributed by atoms with Crippen LogP contribution in [-0.2, 0) is 0 Å². The Morgan fingerprint density at radius 1 is 1.24 bits per heavy atom. The lowest BCUT2D eigenvalue weighted by atomic mass is 10.3. The van der Waals surface area contributed by atoms with Gasteiger partial charge in [0.25, 0.3) is 0 Å². The van der Waals surface area contributed by atoms with Crippen molar-refractivity contribution in [1.82, 2.24) is 9.38 Å². The third-order valence-corrected chi connectivity index (χ3v) is 2.86. The molecule has 0 aliphatic heterocycles. The number of furan rings is 1. The first-order chi connectivity index (χ1) is 8.16. The number of pyridine rings is 1. The van der Waals surface area contributed by atoms with E-state index in [4.69, 9.17) is 10.2 Å². The van der Waals surface area contributed by atoms with Gasteiger partial charge >= 0.3 is 0 Å². The number of hydrogen-bond acceptors (Lipinski definition) is 3. The highest BCUT2D eigenvalue weighted by Crippen LogP contribution is 2.28. The van der Waals surface area contributed by atoms with Crippen molar-refractivity contribution in [2.24, 2.45) is 0 Å². The fourth-order valence-corrected chi connectivity index (χ4v) is 1.97. The average Bonchev–Trinajstić information content (AvgIpc) is 2.85. The largest absolute Gasteiger partial charge is 0.460 e. The van der Waals surface area contributed by atoms with Crippen LogP contribution in [0.1, 0.15) is 11.3 Å². The zero-order chi connectivity index (χ0) is 12.0. The van der Waals surface area contributed by atoms with Gasteiger partial charge in [0.05, 0.1) is 0 Å². The molecule has 4 nitrogen and oxygen atoms in total. The molecule has 0 amide bonds. The fraction of sp³-hybridized carbons (Fsp3) is 0.154. The van der Waals surface area contributed by atoms with E-state index in [1.54, 1.807) is 0 Å². The number of aryl methyl sites for hydroxylation is 2. The minimum atomic E-state index is 0.609. The second-order valence-electron chi connectivity index (χ2n) is 4.14. The summed E-state index contributed by atoms with van der Waals surface area (Å²) in [5, 5.41) is 0. The van der Waals surface area contributed by atoms with Gasteiger partial charge < -0.3 is 10.2 Å². The molecule has 86 valence electrons. The molecule has 0 radical (unpaired) electrons. The Balaban J connectivity index is 2.31. The molecule has 3 aromatic rings. The number of fused-ring (bicyclic) bond motifs is 1. The number of rotatable bonds is 1. The first-order valence-corrected chi connectivity index (χ1v) is 5.47. The van der Waals surface area contributed by atoms with Crippen LogP contribution in [0.5, 0.6) is 0 Å². The van der Waals surface area contributed by atoms with Gasteiger partial charge in [-0.1, -0.05) is 6.07 Å². The van der Waals surface area contributed by atoms with Crippen LogP contribution in [0.3, 0.4) is 0 Å². The Morgan fingerprint density at radius 2 is 2.06 bits per heavy atom. The molecule has 0 unspecified atom stereocenters. The highest BCUT2D eigenvalue weighted by molar-refractivity contribution is 5.72. The van der Waals surface area contributed by atoms with Crippen molar-refractivity contribution >= 4 is 11.5 Å². The Bertz CT molecular complexity index is 694. The van der Waals surface area contributed by atoms with E-state index in [1.807, 2.05) is 48.7 Å². The Labute approximate surface area is 98.7 Å². The highest BCUT2D eigenvalue weighted by atomic mass is 16.3. The van der Waals surface area contributed by atoms with Gasteiger partial charge in [0.15, 0.2) is 5.76 Å². The number of nitrogen functional groups attached to an aromatic ring is 1. The molecular formula is C13H13N3O. The monoisotopic (exact) mass is 227 g/mol. The summed E-state index contributed by atoms with van der Waals surface area (Å²) in [5.41, 5.74) is 8.75. The number of hydrogen-bond donors (Lipinski definition) is 1. The summed E-state index contributed by atoms with van der Waals surface area (Å²) in [5.74, 6) is 2.18. The molecule has 17 heavy (non-hydrogen) atoms. The van der Waals surface area contributed by atoms with Gasteiger partial charge in [0.1, 0.15) is 22.9 Å². The quantitative estimate of drug-likeness (QED) is 0.695. The number of nitrogens with zero attached hydrogens (tertiary/aromatic N) is 2. The normalized spacial score (nSPS) is 11.2. The summed E-state index contributed by atoms with van der Waals surface area (Å²) in [4.78, 5) is 4.54. The molecule has 3 aromatic heterocycles. The molecule has 3 rings (SSSR count). The third kappa shape index (κ3) is 1.41. The summed E-state index contributed by atoms with van der Waals surface area (Å²) >= 11 is 0. The zero-order valence-corrected chi connectivity index (χ0v) is 9.77. The van der Waals surface area contributed by atoms with Crippen LogP contribution >= 0.6 is 0 Å². The van der Waals surface area contributed by atoms with Gasteiger partial charge in [-0.25, -0.2) is 4.98 Å². The fourth-order valence-electron chi connectivity index (χ4n) is 1.97. The van der Waals surface area contributed by atoms with E-state index in [2.05, 4.69) is 4.98 Å². The predicted octanol–water partition coefficient (Wildman–Crippen LogP) is 2.79. The van der Waals surface area contributed by atoms with Gasteiger partial charge in [-0.3, -0.25) is 4.40 Å². The molecule has 0 aliphatic rings. The van der Waals surface area contributed by atoms with Crippen LogP contribution in [-0.4, -0.2) is 9.38 Å². The molecule has 0 saturated carbocycles. The van der Waals surface area contributed by atoms with Crippen molar-refractivity contribution < 1.29 is 4.42 Å². The van der Waals surface area contributed by atoms with Crippen molar-refractivity contribution in [2.75, 3.05) is 5.73 Å². The maximum Gasteiger partial charge on any atom is 0.156 e. The van der Waals surface area contributed by atoms with Crippen LogP contribution in [0, 0.1) is 13.8 Å². The molecule has 0 aromatic carbocycles. The average molecular weight is 227 g/mol. The third-order valence-electron chi connectivity index (χ3n) is 2.86. The minimum absolute atomic E-state index is 0.609. The van der Waals surface area contributed by atoms with Gasteiger partial charge in [-0.2, -0.15) is 0 Å². The molecule has 0 saturated heterocycles. The maximum absolute atomic E-state index is 6.09. The summed E-state index contributed by atoms with van der Waals surface area (Å²) in [6.45, 7) is 3.92. The van der Waals surface area contributed by atoms with Gasteiger partial charge in [-0.05, 0) is 37.6 Å². The van der Waals surface area contributed by atoms with Crippen molar-refractivity contribution in [3.8, 4) is 11.5 Å². The van der Waals surface area contributed by atoms with Crippen molar-refractivity contribution in [2.45, 2.75) is 13.8 Å². The van der Waals surface area contributed by atoms with Crippen molar-refractivity contribution in [3.63, 3.8) is 0 Å². The second kappa shape index (κ2) is 3.38. The first kappa shape index (κ1) is 9.96. The van der Waals surface area contributed by atoms with Gasteiger partial charge in [0.2, 0.25) is 0 Å². The SMILES string of the molecule is Cc1ccc(-c2nc3c(C)cccn3c2N)o1. The summed E-state index contributed by atoms with van der Waals surface area (Å²) in [6, 6.07) is 7.77. The van der Waals surface area contributed by atoms with E-state index in [0.29, 0.717) is 17.3 Å².